The molecule has 1 atom stereocenters. The largest absolute Gasteiger partial charge is 0.310 e. The van der Waals surface area contributed by atoms with Gasteiger partial charge in [0.2, 0.25) is 0 Å². The van der Waals surface area contributed by atoms with Gasteiger partial charge in [-0.15, -0.1) is 11.3 Å². The molecule has 2 nitrogen and oxygen atoms in total. The highest BCUT2D eigenvalue weighted by Gasteiger charge is 2.10. The van der Waals surface area contributed by atoms with E-state index in [4.69, 9.17) is 11.6 Å². The highest BCUT2D eigenvalue weighted by atomic mass is 35.5. The van der Waals surface area contributed by atoms with Gasteiger partial charge in [0, 0.05) is 35.6 Å². The average Bonchev–Trinajstić information content (AvgIpc) is 2.94. The average molecular weight is 309 g/mol. The summed E-state index contributed by atoms with van der Waals surface area (Å²) in [5, 5.41) is 6.47. The second kappa shape index (κ2) is 7.79. The van der Waals surface area contributed by atoms with Gasteiger partial charge in [-0.05, 0) is 37.0 Å². The Kier molecular flexibility index (Phi) is 6.05. The van der Waals surface area contributed by atoms with Gasteiger partial charge in [-0.1, -0.05) is 35.9 Å². The number of benzene rings is 1. The number of halogens is 1. The SMILES string of the molecule is CC(CNCc1cccs1)N(C)Cc1ccccc1Cl. The maximum Gasteiger partial charge on any atom is 0.0451 e. The Balaban J connectivity index is 1.77. The van der Waals surface area contributed by atoms with Gasteiger partial charge in [0.15, 0.2) is 0 Å². The monoisotopic (exact) mass is 308 g/mol. The number of thiophene rings is 1. The first kappa shape index (κ1) is 15.5. The van der Waals surface area contributed by atoms with Gasteiger partial charge in [0.05, 0.1) is 0 Å². The van der Waals surface area contributed by atoms with E-state index < -0.39 is 0 Å². The van der Waals surface area contributed by atoms with Gasteiger partial charge in [-0.25, -0.2) is 0 Å². The molecule has 0 fully saturated rings. The lowest BCUT2D eigenvalue weighted by atomic mass is 10.2. The predicted octanol–water partition coefficient (Wildman–Crippen LogP) is 4.01. The van der Waals surface area contributed by atoms with E-state index in [9.17, 15) is 0 Å². The molecule has 0 spiro atoms. The van der Waals surface area contributed by atoms with Gasteiger partial charge in [0.1, 0.15) is 0 Å². The van der Waals surface area contributed by atoms with Crippen LogP contribution in [0.4, 0.5) is 0 Å². The first-order valence-corrected chi connectivity index (χ1v) is 8.09. The zero-order valence-electron chi connectivity index (χ0n) is 12.0. The normalized spacial score (nSPS) is 12.8. The van der Waals surface area contributed by atoms with Crippen molar-refractivity contribution >= 4 is 22.9 Å². The summed E-state index contributed by atoms with van der Waals surface area (Å²) in [7, 11) is 2.14. The molecule has 0 aliphatic heterocycles. The standard InChI is InChI=1S/C16H21ClN2S/c1-13(10-18-11-15-7-5-9-20-15)19(2)12-14-6-3-4-8-16(14)17/h3-9,13,18H,10-12H2,1-2H3. The fourth-order valence-corrected chi connectivity index (χ4v) is 2.89. The summed E-state index contributed by atoms with van der Waals surface area (Å²) in [6.45, 7) is 5.03. The van der Waals surface area contributed by atoms with Crippen molar-refractivity contribution in [2.75, 3.05) is 13.6 Å². The smallest absolute Gasteiger partial charge is 0.0451 e. The third kappa shape index (κ3) is 4.60. The molecule has 0 amide bonds. The van der Waals surface area contributed by atoms with Crippen LogP contribution in [0.25, 0.3) is 0 Å². The van der Waals surface area contributed by atoms with Crippen LogP contribution in [0, 0.1) is 0 Å². The molecule has 20 heavy (non-hydrogen) atoms. The van der Waals surface area contributed by atoms with Crippen LogP contribution >= 0.6 is 22.9 Å². The highest BCUT2D eigenvalue weighted by Crippen LogP contribution is 2.17. The fourth-order valence-electron chi connectivity index (χ4n) is 2.02. The first-order chi connectivity index (χ1) is 9.66. The van der Waals surface area contributed by atoms with Crippen molar-refractivity contribution in [1.82, 2.24) is 10.2 Å². The highest BCUT2D eigenvalue weighted by molar-refractivity contribution is 7.09. The minimum Gasteiger partial charge on any atom is -0.310 e. The Labute approximate surface area is 130 Å². The number of nitrogens with one attached hydrogen (secondary N) is 1. The Morgan fingerprint density at radius 3 is 2.75 bits per heavy atom. The lowest BCUT2D eigenvalue weighted by Crippen LogP contribution is -2.37. The Morgan fingerprint density at radius 1 is 1.25 bits per heavy atom. The zero-order chi connectivity index (χ0) is 14.4. The van der Waals surface area contributed by atoms with Crippen LogP contribution in [0.15, 0.2) is 41.8 Å². The molecular formula is C16H21ClN2S. The molecule has 0 saturated heterocycles. The van der Waals surface area contributed by atoms with E-state index in [1.807, 2.05) is 18.2 Å². The maximum atomic E-state index is 6.20. The number of hydrogen-bond donors (Lipinski definition) is 1. The van der Waals surface area contributed by atoms with Crippen LogP contribution in [0.5, 0.6) is 0 Å². The lowest BCUT2D eigenvalue weighted by molar-refractivity contribution is 0.243. The van der Waals surface area contributed by atoms with Crippen molar-refractivity contribution in [3.63, 3.8) is 0 Å². The summed E-state index contributed by atoms with van der Waals surface area (Å²) in [4.78, 5) is 3.70. The molecule has 4 heteroatoms. The minimum absolute atomic E-state index is 0.464. The molecule has 2 aromatic rings. The van der Waals surface area contributed by atoms with Crippen molar-refractivity contribution in [3.05, 3.63) is 57.2 Å². The van der Waals surface area contributed by atoms with Crippen LogP contribution in [0.2, 0.25) is 5.02 Å². The second-order valence-electron chi connectivity index (χ2n) is 5.07. The van der Waals surface area contributed by atoms with Gasteiger partial charge in [-0.3, -0.25) is 4.90 Å². The van der Waals surface area contributed by atoms with Crippen LogP contribution in [-0.4, -0.2) is 24.5 Å². The van der Waals surface area contributed by atoms with Crippen molar-refractivity contribution in [3.8, 4) is 0 Å². The summed E-state index contributed by atoms with van der Waals surface area (Å²) in [6.07, 6.45) is 0. The molecule has 0 radical (unpaired) electrons. The molecule has 1 aromatic carbocycles. The molecular weight excluding hydrogens is 288 g/mol. The van der Waals surface area contributed by atoms with E-state index in [1.165, 1.54) is 10.4 Å². The van der Waals surface area contributed by atoms with Crippen LogP contribution < -0.4 is 5.32 Å². The van der Waals surface area contributed by atoms with Crippen LogP contribution in [0.1, 0.15) is 17.4 Å². The molecule has 0 aliphatic carbocycles. The number of likely N-dealkylation sites (N-methyl/N-ethyl adjacent to an activating group) is 1. The molecule has 2 rings (SSSR count). The molecule has 1 aromatic heterocycles. The Bertz CT molecular complexity index is 513. The molecule has 1 heterocycles. The summed E-state index contributed by atoms with van der Waals surface area (Å²) in [5.41, 5.74) is 1.18. The fraction of sp³-hybridized carbons (Fsp3) is 0.375. The van der Waals surface area contributed by atoms with Gasteiger partial charge < -0.3 is 5.32 Å². The van der Waals surface area contributed by atoms with Crippen LogP contribution in [0.3, 0.4) is 0 Å². The first-order valence-electron chi connectivity index (χ1n) is 6.83. The number of hydrogen-bond acceptors (Lipinski definition) is 3. The quantitative estimate of drug-likeness (QED) is 0.831. The summed E-state index contributed by atoms with van der Waals surface area (Å²) in [5.74, 6) is 0. The number of rotatable bonds is 7. The Hall–Kier alpha value is -0.870. The van der Waals surface area contributed by atoms with Gasteiger partial charge in [0.25, 0.3) is 0 Å². The minimum atomic E-state index is 0.464. The topological polar surface area (TPSA) is 15.3 Å². The lowest BCUT2D eigenvalue weighted by Gasteiger charge is -2.25. The summed E-state index contributed by atoms with van der Waals surface area (Å²) < 4.78 is 0. The predicted molar refractivity (Wildman–Crippen MR) is 88.4 cm³/mol. The van der Waals surface area contributed by atoms with E-state index in [0.717, 1.165) is 24.7 Å². The van der Waals surface area contributed by atoms with E-state index in [-0.39, 0.29) is 0 Å². The second-order valence-corrected chi connectivity index (χ2v) is 6.51. The van der Waals surface area contributed by atoms with Gasteiger partial charge in [-0.2, -0.15) is 0 Å². The van der Waals surface area contributed by atoms with Gasteiger partial charge >= 0.3 is 0 Å². The maximum absolute atomic E-state index is 6.20. The molecule has 108 valence electrons. The Morgan fingerprint density at radius 2 is 2.05 bits per heavy atom. The third-order valence-corrected chi connectivity index (χ3v) is 4.69. The van der Waals surface area contributed by atoms with E-state index in [2.05, 4.69) is 47.8 Å². The third-order valence-electron chi connectivity index (χ3n) is 3.45. The van der Waals surface area contributed by atoms with E-state index >= 15 is 0 Å². The number of nitrogens with zero attached hydrogens (tertiary/aromatic N) is 1. The van der Waals surface area contributed by atoms with Crippen molar-refractivity contribution in [1.29, 1.82) is 0 Å². The molecule has 0 bridgehead atoms. The van der Waals surface area contributed by atoms with Crippen molar-refractivity contribution in [2.24, 2.45) is 0 Å². The molecule has 0 aliphatic rings. The molecule has 1 N–H and O–H groups in total. The molecule has 1 unspecified atom stereocenters. The zero-order valence-corrected chi connectivity index (χ0v) is 13.5. The van der Waals surface area contributed by atoms with Crippen molar-refractivity contribution < 1.29 is 0 Å². The van der Waals surface area contributed by atoms with E-state index in [1.54, 1.807) is 11.3 Å². The summed E-state index contributed by atoms with van der Waals surface area (Å²) in [6, 6.07) is 12.8. The van der Waals surface area contributed by atoms with Crippen LogP contribution in [-0.2, 0) is 13.1 Å². The molecule has 0 saturated carbocycles. The van der Waals surface area contributed by atoms with E-state index in [0.29, 0.717) is 6.04 Å². The summed E-state index contributed by atoms with van der Waals surface area (Å²) >= 11 is 8.00. The van der Waals surface area contributed by atoms with Crippen molar-refractivity contribution in [2.45, 2.75) is 26.1 Å².